The van der Waals surface area contributed by atoms with Crippen LogP contribution >= 0.6 is 23.3 Å². The summed E-state index contributed by atoms with van der Waals surface area (Å²) in [4.78, 5) is 5.20. The van der Waals surface area contributed by atoms with Crippen LogP contribution in [-0.2, 0) is 0 Å². The highest BCUT2D eigenvalue weighted by molar-refractivity contribution is 8.01. The number of benzene rings is 1. The number of hydrogen-bond donors (Lipinski definition) is 1. The molecule has 0 fully saturated rings. The van der Waals surface area contributed by atoms with Crippen molar-refractivity contribution in [1.29, 1.82) is 0 Å². The lowest BCUT2D eigenvalue weighted by atomic mass is 10.1. The summed E-state index contributed by atoms with van der Waals surface area (Å²) in [5.41, 5.74) is 0.927. The first-order valence-electron chi connectivity index (χ1n) is 4.48. The maximum atomic E-state index is 9.34. The fourth-order valence-electron chi connectivity index (χ4n) is 1.12. The van der Waals surface area contributed by atoms with Crippen LogP contribution in [0.2, 0.25) is 0 Å². The Kier molecular flexibility index (Phi) is 3.35. The zero-order valence-corrected chi connectivity index (χ0v) is 9.76. The van der Waals surface area contributed by atoms with Gasteiger partial charge >= 0.3 is 0 Å². The van der Waals surface area contributed by atoms with Gasteiger partial charge in [-0.25, -0.2) is 4.98 Å². The third kappa shape index (κ3) is 2.77. The van der Waals surface area contributed by atoms with Crippen LogP contribution < -0.4 is 0 Å². The zero-order chi connectivity index (χ0) is 10.7. The molecule has 0 saturated heterocycles. The second-order valence-electron chi connectivity index (χ2n) is 3.05. The third-order valence-corrected chi connectivity index (χ3v) is 3.63. The number of rotatable bonds is 3. The maximum absolute atomic E-state index is 9.34. The molecule has 2 rings (SSSR count). The Morgan fingerprint density at radius 2 is 2.07 bits per heavy atom. The molecular weight excluding hydrogens is 228 g/mol. The fraction of sp³-hybridized carbons (Fsp3) is 0.200. The van der Waals surface area contributed by atoms with Crippen molar-refractivity contribution in [3.63, 3.8) is 0 Å². The number of aliphatic hydroxyl groups is 1. The van der Waals surface area contributed by atoms with E-state index in [1.54, 1.807) is 25.0 Å². The van der Waals surface area contributed by atoms with Crippen LogP contribution in [0.25, 0.3) is 0 Å². The first-order chi connectivity index (χ1) is 7.25. The minimum absolute atomic E-state index is 0.412. The van der Waals surface area contributed by atoms with Gasteiger partial charge in [-0.15, -0.1) is 0 Å². The highest BCUT2D eigenvalue weighted by Crippen LogP contribution is 2.28. The number of aliphatic hydroxyl groups excluding tert-OH is 1. The van der Waals surface area contributed by atoms with Crippen LogP contribution in [0.3, 0.4) is 0 Å². The van der Waals surface area contributed by atoms with E-state index in [1.165, 1.54) is 11.5 Å². The normalized spacial score (nSPS) is 12.7. The minimum Gasteiger partial charge on any atom is -0.389 e. The van der Waals surface area contributed by atoms with Crippen molar-refractivity contribution in [2.24, 2.45) is 0 Å². The van der Waals surface area contributed by atoms with Crippen LogP contribution in [0.1, 0.15) is 18.6 Å². The number of hydrogen-bond acceptors (Lipinski definition) is 5. The van der Waals surface area contributed by atoms with Crippen LogP contribution in [-0.4, -0.2) is 14.5 Å². The molecule has 2 aromatic rings. The summed E-state index contributed by atoms with van der Waals surface area (Å²) < 4.78 is 4.86. The molecule has 78 valence electrons. The minimum atomic E-state index is -0.412. The van der Waals surface area contributed by atoms with Crippen molar-refractivity contribution < 1.29 is 5.11 Å². The molecule has 0 aliphatic heterocycles. The molecule has 0 saturated carbocycles. The summed E-state index contributed by atoms with van der Waals surface area (Å²) >= 11 is 2.96. The molecule has 1 aromatic carbocycles. The number of aromatic nitrogens is 2. The molecule has 0 aliphatic carbocycles. The number of nitrogens with zero attached hydrogens (tertiary/aromatic N) is 2. The van der Waals surface area contributed by atoms with Crippen LogP contribution in [0.5, 0.6) is 0 Å². The van der Waals surface area contributed by atoms with E-state index < -0.39 is 6.10 Å². The second-order valence-corrected chi connectivity index (χ2v) is 5.15. The molecule has 1 atom stereocenters. The molecule has 1 heterocycles. The van der Waals surface area contributed by atoms with Gasteiger partial charge in [0.2, 0.25) is 0 Å². The highest BCUT2D eigenvalue weighted by Gasteiger charge is 2.03. The molecule has 0 spiro atoms. The average Bonchev–Trinajstić information content (AvgIpc) is 2.71. The van der Waals surface area contributed by atoms with Gasteiger partial charge in [-0.3, -0.25) is 0 Å². The summed E-state index contributed by atoms with van der Waals surface area (Å²) in [6.45, 7) is 1.76. The SMILES string of the molecule is CC(O)c1ccc(Sc2ncns2)cc1. The van der Waals surface area contributed by atoms with Crippen molar-refractivity contribution in [3.8, 4) is 0 Å². The lowest BCUT2D eigenvalue weighted by Crippen LogP contribution is -1.89. The third-order valence-electron chi connectivity index (χ3n) is 1.91. The van der Waals surface area contributed by atoms with Gasteiger partial charge in [0, 0.05) is 4.90 Å². The van der Waals surface area contributed by atoms with Gasteiger partial charge in [-0.2, -0.15) is 4.37 Å². The smallest absolute Gasteiger partial charge is 0.174 e. The van der Waals surface area contributed by atoms with E-state index in [4.69, 9.17) is 0 Å². The highest BCUT2D eigenvalue weighted by atomic mass is 32.2. The van der Waals surface area contributed by atoms with E-state index in [-0.39, 0.29) is 0 Å². The Morgan fingerprint density at radius 1 is 1.33 bits per heavy atom. The molecule has 1 N–H and O–H groups in total. The second kappa shape index (κ2) is 4.74. The Hall–Kier alpha value is -0.910. The molecule has 1 aromatic heterocycles. The van der Waals surface area contributed by atoms with Gasteiger partial charge in [0.25, 0.3) is 0 Å². The van der Waals surface area contributed by atoms with Crippen molar-refractivity contribution >= 4 is 23.3 Å². The summed E-state index contributed by atoms with van der Waals surface area (Å²) in [6.07, 6.45) is 1.14. The van der Waals surface area contributed by atoms with Crippen molar-refractivity contribution in [3.05, 3.63) is 36.2 Å². The van der Waals surface area contributed by atoms with Gasteiger partial charge in [-0.05, 0) is 36.2 Å². The maximum Gasteiger partial charge on any atom is 0.174 e. The summed E-state index contributed by atoms with van der Waals surface area (Å²) in [5, 5.41) is 9.34. The van der Waals surface area contributed by atoms with E-state index in [0.29, 0.717) is 0 Å². The van der Waals surface area contributed by atoms with Crippen LogP contribution in [0.15, 0.2) is 39.8 Å². The van der Waals surface area contributed by atoms with Gasteiger partial charge < -0.3 is 5.11 Å². The quantitative estimate of drug-likeness (QED) is 0.893. The molecule has 0 radical (unpaired) electrons. The Labute approximate surface area is 96.4 Å². The molecule has 0 amide bonds. The lowest BCUT2D eigenvalue weighted by Gasteiger charge is -2.04. The Morgan fingerprint density at radius 3 is 2.60 bits per heavy atom. The first kappa shape index (κ1) is 10.6. The van der Waals surface area contributed by atoms with Crippen LogP contribution in [0.4, 0.5) is 0 Å². The van der Waals surface area contributed by atoms with Crippen molar-refractivity contribution in [1.82, 2.24) is 9.36 Å². The topological polar surface area (TPSA) is 46.0 Å². The summed E-state index contributed by atoms with van der Waals surface area (Å²) in [6, 6.07) is 7.81. The monoisotopic (exact) mass is 238 g/mol. The average molecular weight is 238 g/mol. The molecule has 15 heavy (non-hydrogen) atoms. The Balaban J connectivity index is 2.11. The molecule has 0 aliphatic rings. The molecule has 1 unspecified atom stereocenters. The van der Waals surface area contributed by atoms with E-state index in [0.717, 1.165) is 14.8 Å². The van der Waals surface area contributed by atoms with Crippen molar-refractivity contribution in [2.75, 3.05) is 0 Å². The van der Waals surface area contributed by atoms with E-state index in [2.05, 4.69) is 9.36 Å². The largest absolute Gasteiger partial charge is 0.389 e. The lowest BCUT2D eigenvalue weighted by molar-refractivity contribution is 0.199. The van der Waals surface area contributed by atoms with Crippen molar-refractivity contribution in [2.45, 2.75) is 22.3 Å². The Bertz CT molecular complexity index is 411. The van der Waals surface area contributed by atoms with Gasteiger partial charge in [0.05, 0.1) is 6.10 Å². The van der Waals surface area contributed by atoms with E-state index >= 15 is 0 Å². The molecule has 3 nitrogen and oxygen atoms in total. The standard InChI is InChI=1S/C10H10N2OS2/c1-7(13)8-2-4-9(5-3-8)14-10-11-6-12-15-10/h2-7,13H,1H3. The van der Waals surface area contributed by atoms with Crippen LogP contribution in [0, 0.1) is 0 Å². The molecule has 0 bridgehead atoms. The summed E-state index contributed by atoms with van der Waals surface area (Å²) in [7, 11) is 0. The molecule has 5 heteroatoms. The van der Waals surface area contributed by atoms with E-state index in [1.807, 2.05) is 24.3 Å². The van der Waals surface area contributed by atoms with Gasteiger partial charge in [-0.1, -0.05) is 23.9 Å². The van der Waals surface area contributed by atoms with Gasteiger partial charge in [0.15, 0.2) is 4.34 Å². The summed E-state index contributed by atoms with van der Waals surface area (Å²) in [5.74, 6) is 0. The predicted molar refractivity (Wildman–Crippen MR) is 61.1 cm³/mol. The first-order valence-corrected chi connectivity index (χ1v) is 6.07. The van der Waals surface area contributed by atoms with Gasteiger partial charge in [0.1, 0.15) is 6.33 Å². The fourth-order valence-corrected chi connectivity index (χ4v) is 2.54. The predicted octanol–water partition coefficient (Wildman–Crippen LogP) is 2.74. The van der Waals surface area contributed by atoms with E-state index in [9.17, 15) is 5.11 Å². The zero-order valence-electron chi connectivity index (χ0n) is 8.12. The molecular formula is C10H10N2OS2.